The fourth-order valence-corrected chi connectivity index (χ4v) is 2.98. The smallest absolute Gasteiger partial charge is 0.317 e. The summed E-state index contributed by atoms with van der Waals surface area (Å²) in [6.45, 7) is 0.746. The monoisotopic (exact) mass is 347 g/mol. The molecule has 0 unspecified atom stereocenters. The van der Waals surface area contributed by atoms with Crippen molar-refractivity contribution in [2.24, 2.45) is 5.92 Å². The SMILES string of the molecule is CN(Cc1ccccc1)C(=O)NCCC(=O)N[C@H]1CC[C@@H](C(=O)O)C1. The summed E-state index contributed by atoms with van der Waals surface area (Å²) in [5.41, 5.74) is 1.03. The van der Waals surface area contributed by atoms with Gasteiger partial charge in [0.2, 0.25) is 5.91 Å². The summed E-state index contributed by atoms with van der Waals surface area (Å²) < 4.78 is 0. The largest absolute Gasteiger partial charge is 0.481 e. The molecule has 1 aromatic rings. The third-order valence-electron chi connectivity index (χ3n) is 4.38. The number of urea groups is 1. The molecule has 0 saturated heterocycles. The molecule has 136 valence electrons. The van der Waals surface area contributed by atoms with Crippen molar-refractivity contribution < 1.29 is 19.5 Å². The first-order chi connectivity index (χ1) is 12.0. The molecule has 7 heteroatoms. The van der Waals surface area contributed by atoms with Crippen molar-refractivity contribution >= 4 is 17.9 Å². The molecule has 25 heavy (non-hydrogen) atoms. The van der Waals surface area contributed by atoms with Crippen LogP contribution < -0.4 is 10.6 Å². The molecule has 3 N–H and O–H groups in total. The molecule has 1 saturated carbocycles. The van der Waals surface area contributed by atoms with Crippen LogP contribution in [0.15, 0.2) is 30.3 Å². The molecule has 3 amide bonds. The Bertz CT molecular complexity index is 606. The van der Waals surface area contributed by atoms with Gasteiger partial charge in [0.1, 0.15) is 0 Å². The molecule has 0 heterocycles. The van der Waals surface area contributed by atoms with Gasteiger partial charge in [0, 0.05) is 32.6 Å². The van der Waals surface area contributed by atoms with E-state index in [0.29, 0.717) is 25.8 Å². The summed E-state index contributed by atoms with van der Waals surface area (Å²) in [7, 11) is 1.70. The molecular formula is C18H25N3O4. The lowest BCUT2D eigenvalue weighted by molar-refractivity contribution is -0.141. The minimum absolute atomic E-state index is 0.0787. The van der Waals surface area contributed by atoms with Crippen LogP contribution in [0.25, 0.3) is 0 Å². The maximum Gasteiger partial charge on any atom is 0.317 e. The van der Waals surface area contributed by atoms with Gasteiger partial charge in [-0.15, -0.1) is 0 Å². The highest BCUT2D eigenvalue weighted by Gasteiger charge is 2.30. The van der Waals surface area contributed by atoms with Gasteiger partial charge in [-0.1, -0.05) is 30.3 Å². The van der Waals surface area contributed by atoms with Gasteiger partial charge in [0.05, 0.1) is 5.92 Å². The van der Waals surface area contributed by atoms with Gasteiger partial charge in [-0.25, -0.2) is 4.79 Å². The van der Waals surface area contributed by atoms with Gasteiger partial charge < -0.3 is 20.6 Å². The third kappa shape index (κ3) is 6.10. The number of amides is 3. The zero-order valence-electron chi connectivity index (χ0n) is 14.4. The van der Waals surface area contributed by atoms with Crippen molar-refractivity contribution in [2.75, 3.05) is 13.6 Å². The second kappa shape index (κ2) is 9.05. The summed E-state index contributed by atoms with van der Waals surface area (Å²) in [5, 5.41) is 14.5. The molecule has 1 aromatic carbocycles. The van der Waals surface area contributed by atoms with Gasteiger partial charge in [-0.05, 0) is 24.8 Å². The van der Waals surface area contributed by atoms with Gasteiger partial charge in [-0.2, -0.15) is 0 Å². The molecule has 0 aliphatic heterocycles. The Morgan fingerprint density at radius 1 is 1.20 bits per heavy atom. The first kappa shape index (κ1) is 18.8. The highest BCUT2D eigenvalue weighted by molar-refractivity contribution is 5.78. The molecule has 0 bridgehead atoms. The Morgan fingerprint density at radius 3 is 2.56 bits per heavy atom. The van der Waals surface area contributed by atoms with Crippen LogP contribution >= 0.6 is 0 Å². The van der Waals surface area contributed by atoms with E-state index in [1.165, 1.54) is 0 Å². The highest BCUT2D eigenvalue weighted by Crippen LogP contribution is 2.25. The summed E-state index contributed by atoms with van der Waals surface area (Å²) in [6, 6.07) is 9.35. The second-order valence-corrected chi connectivity index (χ2v) is 6.44. The second-order valence-electron chi connectivity index (χ2n) is 6.44. The van der Waals surface area contributed by atoms with E-state index >= 15 is 0 Å². The number of carbonyl (C=O) groups is 3. The molecule has 7 nitrogen and oxygen atoms in total. The van der Waals surface area contributed by atoms with Crippen molar-refractivity contribution in [2.45, 2.75) is 38.3 Å². The van der Waals surface area contributed by atoms with Crippen LogP contribution in [0, 0.1) is 5.92 Å². The Labute approximate surface area is 147 Å². The van der Waals surface area contributed by atoms with E-state index in [2.05, 4.69) is 10.6 Å². The van der Waals surface area contributed by atoms with Crippen molar-refractivity contribution in [1.29, 1.82) is 0 Å². The number of benzene rings is 1. The van der Waals surface area contributed by atoms with Crippen molar-refractivity contribution in [3.8, 4) is 0 Å². The quantitative estimate of drug-likeness (QED) is 0.697. The number of hydrogen-bond donors (Lipinski definition) is 3. The number of aliphatic carboxylic acids is 1. The zero-order valence-corrected chi connectivity index (χ0v) is 14.4. The Morgan fingerprint density at radius 2 is 1.92 bits per heavy atom. The fourth-order valence-electron chi connectivity index (χ4n) is 2.98. The zero-order chi connectivity index (χ0) is 18.2. The maximum atomic E-state index is 12.0. The molecule has 2 atom stereocenters. The van der Waals surface area contributed by atoms with E-state index in [1.54, 1.807) is 11.9 Å². The van der Waals surface area contributed by atoms with Crippen LogP contribution in [0.4, 0.5) is 4.79 Å². The van der Waals surface area contributed by atoms with Crippen LogP contribution in [0.2, 0.25) is 0 Å². The minimum Gasteiger partial charge on any atom is -0.481 e. The average molecular weight is 347 g/mol. The number of carboxylic acid groups (broad SMARTS) is 1. The minimum atomic E-state index is -0.800. The number of hydrogen-bond acceptors (Lipinski definition) is 3. The highest BCUT2D eigenvalue weighted by atomic mass is 16.4. The molecule has 1 fully saturated rings. The predicted octanol–water partition coefficient (Wildman–Crippen LogP) is 1.59. The van der Waals surface area contributed by atoms with Crippen molar-refractivity contribution in [3.63, 3.8) is 0 Å². The lowest BCUT2D eigenvalue weighted by atomic mass is 10.1. The normalized spacial score (nSPS) is 19.2. The molecule has 1 aliphatic rings. The fraction of sp³-hybridized carbons (Fsp3) is 0.500. The number of nitrogens with one attached hydrogen (secondary N) is 2. The Balaban J connectivity index is 1.63. The number of nitrogens with zero attached hydrogens (tertiary/aromatic N) is 1. The number of carbonyl (C=O) groups excluding carboxylic acids is 2. The van der Waals surface area contributed by atoms with Gasteiger partial charge in [0.15, 0.2) is 0 Å². The number of rotatable bonds is 7. The van der Waals surface area contributed by atoms with E-state index in [4.69, 9.17) is 5.11 Å². The predicted molar refractivity (Wildman–Crippen MR) is 92.8 cm³/mol. The average Bonchev–Trinajstić information content (AvgIpc) is 3.04. The lowest BCUT2D eigenvalue weighted by Gasteiger charge is -2.18. The van der Waals surface area contributed by atoms with Crippen LogP contribution in [-0.4, -0.2) is 47.5 Å². The first-order valence-corrected chi connectivity index (χ1v) is 8.50. The van der Waals surface area contributed by atoms with Crippen molar-refractivity contribution in [1.82, 2.24) is 15.5 Å². The standard InChI is InChI=1S/C18H25N3O4/c1-21(12-13-5-3-2-4-6-13)18(25)19-10-9-16(22)20-15-8-7-14(11-15)17(23)24/h2-6,14-15H,7-12H2,1H3,(H,19,25)(H,20,22)(H,23,24)/t14-,15+/m1/s1. The number of carboxylic acids is 1. The summed E-state index contributed by atoms with van der Waals surface area (Å²) in [6.07, 6.45) is 1.95. The van der Waals surface area contributed by atoms with E-state index < -0.39 is 5.97 Å². The van der Waals surface area contributed by atoms with Crippen LogP contribution in [0.3, 0.4) is 0 Å². The molecule has 0 spiro atoms. The van der Waals surface area contributed by atoms with E-state index in [9.17, 15) is 14.4 Å². The summed E-state index contributed by atoms with van der Waals surface area (Å²) in [4.78, 5) is 36.4. The molecule has 0 aromatic heterocycles. The molecular weight excluding hydrogens is 322 g/mol. The van der Waals surface area contributed by atoms with Gasteiger partial charge in [0.25, 0.3) is 0 Å². The van der Waals surface area contributed by atoms with E-state index in [0.717, 1.165) is 5.56 Å². The van der Waals surface area contributed by atoms with Gasteiger partial charge in [-0.3, -0.25) is 9.59 Å². The first-order valence-electron chi connectivity index (χ1n) is 8.50. The topological polar surface area (TPSA) is 98.7 Å². The molecule has 2 rings (SSSR count). The van der Waals surface area contributed by atoms with Crippen LogP contribution in [0.1, 0.15) is 31.2 Å². The van der Waals surface area contributed by atoms with Crippen molar-refractivity contribution in [3.05, 3.63) is 35.9 Å². The molecule has 0 radical (unpaired) electrons. The maximum absolute atomic E-state index is 12.0. The van der Waals surface area contributed by atoms with E-state index in [-0.39, 0.29) is 36.9 Å². The third-order valence-corrected chi connectivity index (χ3v) is 4.38. The van der Waals surface area contributed by atoms with Gasteiger partial charge >= 0.3 is 12.0 Å². The van der Waals surface area contributed by atoms with E-state index in [1.807, 2.05) is 30.3 Å². The van der Waals surface area contributed by atoms with Crippen LogP contribution in [0.5, 0.6) is 0 Å². The Kier molecular flexibility index (Phi) is 6.80. The Hall–Kier alpha value is -2.57. The summed E-state index contributed by atoms with van der Waals surface area (Å²) >= 11 is 0. The van der Waals surface area contributed by atoms with Crippen LogP contribution in [-0.2, 0) is 16.1 Å². The molecule has 1 aliphatic carbocycles. The summed E-state index contributed by atoms with van der Waals surface area (Å²) in [5.74, 6) is -1.33. The lowest BCUT2D eigenvalue weighted by Crippen LogP contribution is -2.40.